The van der Waals surface area contributed by atoms with Crippen LogP contribution in [0.25, 0.3) is 28.2 Å². The third-order valence-electron chi connectivity index (χ3n) is 5.67. The van der Waals surface area contributed by atoms with Gasteiger partial charge in [-0.15, -0.1) is 0 Å². The van der Waals surface area contributed by atoms with Gasteiger partial charge in [0.25, 0.3) is 0 Å². The van der Waals surface area contributed by atoms with Gasteiger partial charge in [0.05, 0.1) is 11.4 Å². The van der Waals surface area contributed by atoms with Gasteiger partial charge < -0.3 is 4.90 Å². The molecule has 4 aromatic rings. The van der Waals surface area contributed by atoms with Crippen molar-refractivity contribution < 1.29 is 0 Å². The van der Waals surface area contributed by atoms with Gasteiger partial charge in [0, 0.05) is 28.9 Å². The average Bonchev–Trinajstić information content (AvgIpc) is 3.34. The van der Waals surface area contributed by atoms with Crippen molar-refractivity contribution in [3.8, 4) is 22.5 Å². The predicted octanol–water partition coefficient (Wildman–Crippen LogP) is 4.84. The minimum atomic E-state index is 0.325. The Labute approximate surface area is 171 Å². The molecule has 0 bridgehead atoms. The van der Waals surface area contributed by atoms with E-state index in [2.05, 4.69) is 92.2 Å². The molecule has 4 rings (SSSR count). The van der Waals surface area contributed by atoms with E-state index in [1.807, 2.05) is 10.7 Å². The number of nitrogens with one attached hydrogen (secondary N) is 1. The van der Waals surface area contributed by atoms with Gasteiger partial charge in [0.1, 0.15) is 6.33 Å². The topological polar surface area (TPSA) is 62.1 Å². The van der Waals surface area contributed by atoms with Gasteiger partial charge in [0.15, 0.2) is 5.65 Å². The minimum absolute atomic E-state index is 0.325. The summed E-state index contributed by atoms with van der Waals surface area (Å²) in [6.45, 7) is 8.69. The number of benzene rings is 1. The standard InChI is InChI=1S/C23H28N6/c1-14(2)20-21(18-9-7-17(8-10-18)16(4)28(5)6)26-27-22(20)19-11-15(3)23-24-13-25-29(23)12-19/h7-14,16H,1-6H3,(H,26,27)/t16-/m1/s1. The van der Waals surface area contributed by atoms with Crippen LogP contribution < -0.4 is 0 Å². The van der Waals surface area contributed by atoms with E-state index in [0.717, 1.165) is 33.7 Å². The molecule has 0 aliphatic carbocycles. The molecule has 6 nitrogen and oxygen atoms in total. The molecule has 0 saturated heterocycles. The second kappa shape index (κ2) is 7.44. The molecule has 6 heteroatoms. The van der Waals surface area contributed by atoms with Crippen LogP contribution in [-0.4, -0.2) is 43.8 Å². The van der Waals surface area contributed by atoms with Gasteiger partial charge in [-0.1, -0.05) is 38.1 Å². The summed E-state index contributed by atoms with van der Waals surface area (Å²) in [6.07, 6.45) is 3.60. The van der Waals surface area contributed by atoms with E-state index >= 15 is 0 Å². The van der Waals surface area contributed by atoms with Crippen molar-refractivity contribution in [1.29, 1.82) is 0 Å². The van der Waals surface area contributed by atoms with Gasteiger partial charge in [0.2, 0.25) is 0 Å². The second-order valence-electron chi connectivity index (χ2n) is 8.22. The highest BCUT2D eigenvalue weighted by Gasteiger charge is 2.20. The maximum absolute atomic E-state index is 4.71. The fourth-order valence-electron chi connectivity index (χ4n) is 3.80. The Morgan fingerprint density at radius 3 is 2.41 bits per heavy atom. The third-order valence-corrected chi connectivity index (χ3v) is 5.67. The highest BCUT2D eigenvalue weighted by molar-refractivity contribution is 5.75. The Morgan fingerprint density at radius 1 is 1.03 bits per heavy atom. The summed E-state index contributed by atoms with van der Waals surface area (Å²) in [5.41, 5.74) is 8.74. The van der Waals surface area contributed by atoms with E-state index in [0.29, 0.717) is 12.0 Å². The van der Waals surface area contributed by atoms with Crippen molar-refractivity contribution in [2.45, 2.75) is 39.7 Å². The number of aryl methyl sites for hydroxylation is 1. The van der Waals surface area contributed by atoms with E-state index in [1.54, 1.807) is 6.33 Å². The van der Waals surface area contributed by atoms with Crippen molar-refractivity contribution in [2.75, 3.05) is 14.1 Å². The molecule has 0 aliphatic heterocycles. The number of fused-ring (bicyclic) bond motifs is 1. The summed E-state index contributed by atoms with van der Waals surface area (Å²) in [7, 11) is 4.20. The highest BCUT2D eigenvalue weighted by Crippen LogP contribution is 2.36. The minimum Gasteiger partial charge on any atom is -0.303 e. The Balaban J connectivity index is 1.79. The molecule has 150 valence electrons. The van der Waals surface area contributed by atoms with Gasteiger partial charge >= 0.3 is 0 Å². The van der Waals surface area contributed by atoms with Gasteiger partial charge in [-0.3, -0.25) is 5.10 Å². The number of hydrogen-bond donors (Lipinski definition) is 1. The van der Waals surface area contributed by atoms with Crippen LogP contribution >= 0.6 is 0 Å². The van der Waals surface area contributed by atoms with Crippen molar-refractivity contribution in [3.63, 3.8) is 0 Å². The zero-order valence-corrected chi connectivity index (χ0v) is 17.9. The predicted molar refractivity (Wildman–Crippen MR) is 117 cm³/mol. The maximum Gasteiger partial charge on any atom is 0.158 e. The van der Waals surface area contributed by atoms with Crippen LogP contribution in [0.4, 0.5) is 0 Å². The lowest BCUT2D eigenvalue weighted by atomic mass is 9.93. The van der Waals surface area contributed by atoms with Crippen molar-refractivity contribution in [2.24, 2.45) is 0 Å². The van der Waals surface area contributed by atoms with Crippen LogP contribution in [0, 0.1) is 6.92 Å². The van der Waals surface area contributed by atoms with E-state index in [4.69, 9.17) is 5.10 Å². The molecule has 3 aromatic heterocycles. The van der Waals surface area contributed by atoms with Gasteiger partial charge in [-0.25, -0.2) is 9.50 Å². The lowest BCUT2D eigenvalue weighted by Gasteiger charge is -2.20. The van der Waals surface area contributed by atoms with Crippen LogP contribution in [0.5, 0.6) is 0 Å². The zero-order valence-electron chi connectivity index (χ0n) is 17.9. The molecule has 0 aliphatic rings. The molecule has 0 radical (unpaired) electrons. The lowest BCUT2D eigenvalue weighted by Crippen LogP contribution is -2.16. The van der Waals surface area contributed by atoms with Crippen LogP contribution in [0.2, 0.25) is 0 Å². The first-order valence-electron chi connectivity index (χ1n) is 10.0. The largest absolute Gasteiger partial charge is 0.303 e. The summed E-state index contributed by atoms with van der Waals surface area (Å²) >= 11 is 0. The van der Waals surface area contributed by atoms with Crippen LogP contribution in [0.3, 0.4) is 0 Å². The fourth-order valence-corrected chi connectivity index (χ4v) is 3.80. The summed E-state index contributed by atoms with van der Waals surface area (Å²) < 4.78 is 1.83. The molecule has 0 saturated carbocycles. The number of aromatic nitrogens is 5. The van der Waals surface area contributed by atoms with Crippen LogP contribution in [0.1, 0.15) is 49.4 Å². The van der Waals surface area contributed by atoms with Crippen molar-refractivity contribution in [3.05, 3.63) is 59.5 Å². The number of nitrogens with zero attached hydrogens (tertiary/aromatic N) is 5. The van der Waals surface area contributed by atoms with E-state index in [-0.39, 0.29) is 0 Å². The monoisotopic (exact) mass is 388 g/mol. The highest BCUT2D eigenvalue weighted by atomic mass is 15.3. The normalized spacial score (nSPS) is 13.0. The SMILES string of the molecule is Cc1cc(-c2[nH]nc(-c3ccc([C@@H](C)N(C)C)cc3)c2C(C)C)cn2ncnc12. The number of aromatic amines is 1. The zero-order chi connectivity index (χ0) is 20.7. The number of rotatable bonds is 5. The molecule has 1 N–H and O–H groups in total. The molecule has 1 aromatic carbocycles. The summed E-state index contributed by atoms with van der Waals surface area (Å²) in [6, 6.07) is 11.3. The first kappa shape index (κ1) is 19.3. The summed E-state index contributed by atoms with van der Waals surface area (Å²) in [5, 5.41) is 12.3. The van der Waals surface area contributed by atoms with Gasteiger partial charge in [-0.2, -0.15) is 10.2 Å². The number of hydrogen-bond acceptors (Lipinski definition) is 4. The van der Waals surface area contributed by atoms with Crippen LogP contribution in [0.15, 0.2) is 42.9 Å². The van der Waals surface area contributed by atoms with E-state index in [9.17, 15) is 0 Å². The molecule has 0 fully saturated rings. The third kappa shape index (κ3) is 3.44. The lowest BCUT2D eigenvalue weighted by molar-refractivity contribution is 0.321. The number of H-pyrrole nitrogens is 1. The molecule has 0 spiro atoms. The molecule has 3 heterocycles. The average molecular weight is 389 g/mol. The Bertz CT molecular complexity index is 1130. The molecular weight excluding hydrogens is 360 g/mol. The molecular formula is C23H28N6. The fraction of sp³-hybridized carbons (Fsp3) is 0.348. The molecule has 29 heavy (non-hydrogen) atoms. The second-order valence-corrected chi connectivity index (χ2v) is 8.22. The van der Waals surface area contributed by atoms with Crippen LogP contribution in [-0.2, 0) is 0 Å². The van der Waals surface area contributed by atoms with Gasteiger partial charge in [-0.05, 0) is 51.1 Å². The van der Waals surface area contributed by atoms with Crippen molar-refractivity contribution in [1.82, 2.24) is 29.7 Å². The molecule has 0 amide bonds. The van der Waals surface area contributed by atoms with E-state index < -0.39 is 0 Å². The molecule has 0 unspecified atom stereocenters. The van der Waals surface area contributed by atoms with Crippen molar-refractivity contribution >= 4 is 5.65 Å². The summed E-state index contributed by atoms with van der Waals surface area (Å²) in [5.74, 6) is 0.325. The Hall–Kier alpha value is -2.99. The smallest absolute Gasteiger partial charge is 0.158 e. The maximum atomic E-state index is 4.71. The first-order chi connectivity index (χ1) is 13.9. The first-order valence-corrected chi connectivity index (χ1v) is 10.0. The summed E-state index contributed by atoms with van der Waals surface area (Å²) in [4.78, 5) is 6.53. The Kier molecular flexibility index (Phi) is 4.96. The number of pyridine rings is 1. The quantitative estimate of drug-likeness (QED) is 0.531. The molecule has 1 atom stereocenters. The Morgan fingerprint density at radius 2 is 1.76 bits per heavy atom. The van der Waals surface area contributed by atoms with E-state index in [1.165, 1.54) is 11.1 Å².